The summed E-state index contributed by atoms with van der Waals surface area (Å²) in [7, 11) is -3.81. The lowest BCUT2D eigenvalue weighted by Crippen LogP contribution is -2.47. The Bertz CT molecular complexity index is 972. The quantitative estimate of drug-likeness (QED) is 0.752. The Kier molecular flexibility index (Phi) is 5.60. The van der Waals surface area contributed by atoms with E-state index in [1.807, 2.05) is 44.2 Å². The van der Waals surface area contributed by atoms with Crippen LogP contribution in [0.2, 0.25) is 0 Å². The van der Waals surface area contributed by atoms with Crippen LogP contribution in [0.25, 0.3) is 0 Å². The topological polar surface area (TPSA) is 63.7 Å². The molecule has 1 saturated heterocycles. The van der Waals surface area contributed by atoms with Crippen molar-refractivity contribution >= 4 is 15.8 Å². The molecule has 4 rings (SSSR count). The van der Waals surface area contributed by atoms with Gasteiger partial charge in [0.05, 0.1) is 16.9 Å². The number of nitrogens with zero attached hydrogens (tertiary/aromatic N) is 1. The molecule has 4 atom stereocenters. The third-order valence-electron chi connectivity index (χ3n) is 6.05. The van der Waals surface area contributed by atoms with Crippen LogP contribution in [0.3, 0.4) is 0 Å². The van der Waals surface area contributed by atoms with Gasteiger partial charge in [-0.2, -0.15) is 4.31 Å². The number of carbonyl (C=O) groups is 1. The number of sulfonamides is 1. The molecule has 0 amide bonds. The second-order valence-corrected chi connectivity index (χ2v) is 9.91. The first-order chi connectivity index (χ1) is 13.9. The maximum absolute atomic E-state index is 13.6. The second-order valence-electron chi connectivity index (χ2n) is 8.07. The SMILES string of the molecule is Cc1ccc(S(=O)(=O)N2[C@H](C)[C@@H](c3ccccc3)O[C@@H]2[C@H]2CCCCC2=O)cc1. The highest BCUT2D eigenvalue weighted by atomic mass is 32.2. The van der Waals surface area contributed by atoms with Crippen LogP contribution in [-0.4, -0.2) is 30.8 Å². The van der Waals surface area contributed by atoms with Crippen molar-refractivity contribution in [1.82, 2.24) is 4.31 Å². The van der Waals surface area contributed by atoms with E-state index in [0.717, 1.165) is 24.0 Å². The Morgan fingerprint density at radius 2 is 1.69 bits per heavy atom. The summed E-state index contributed by atoms with van der Waals surface area (Å²) in [4.78, 5) is 12.9. The highest BCUT2D eigenvalue weighted by Gasteiger charge is 2.51. The fourth-order valence-corrected chi connectivity index (χ4v) is 6.20. The zero-order valence-corrected chi connectivity index (χ0v) is 17.6. The normalized spacial score (nSPS) is 28.6. The average Bonchev–Trinajstić information content (AvgIpc) is 3.07. The molecule has 0 bridgehead atoms. The predicted octanol–water partition coefficient (Wildman–Crippen LogP) is 4.23. The summed E-state index contributed by atoms with van der Waals surface area (Å²) < 4.78 is 35.0. The summed E-state index contributed by atoms with van der Waals surface area (Å²) in [5, 5.41) is 0. The fourth-order valence-electron chi connectivity index (χ4n) is 4.46. The van der Waals surface area contributed by atoms with Gasteiger partial charge in [0.25, 0.3) is 0 Å². The number of carbonyl (C=O) groups excluding carboxylic acids is 1. The molecular weight excluding hydrogens is 386 g/mol. The number of rotatable bonds is 4. The molecule has 1 saturated carbocycles. The van der Waals surface area contributed by atoms with Gasteiger partial charge >= 0.3 is 0 Å². The molecule has 0 aromatic heterocycles. The zero-order valence-electron chi connectivity index (χ0n) is 16.8. The molecular formula is C23H27NO4S. The third kappa shape index (κ3) is 3.77. The van der Waals surface area contributed by atoms with Crippen molar-refractivity contribution in [2.45, 2.75) is 62.8 Å². The number of hydrogen-bond donors (Lipinski definition) is 0. The first-order valence-electron chi connectivity index (χ1n) is 10.2. The molecule has 2 aromatic carbocycles. The number of hydrogen-bond acceptors (Lipinski definition) is 4. The van der Waals surface area contributed by atoms with Crippen molar-refractivity contribution in [3.05, 3.63) is 65.7 Å². The van der Waals surface area contributed by atoms with E-state index in [-0.39, 0.29) is 10.7 Å². The Balaban J connectivity index is 1.76. The van der Waals surface area contributed by atoms with Gasteiger partial charge in [-0.1, -0.05) is 54.4 Å². The first-order valence-corrected chi connectivity index (χ1v) is 11.7. The summed E-state index contributed by atoms with van der Waals surface area (Å²) in [6.45, 7) is 3.80. The van der Waals surface area contributed by atoms with Crippen LogP contribution in [0.5, 0.6) is 0 Å². The van der Waals surface area contributed by atoms with Gasteiger partial charge in [-0.25, -0.2) is 8.42 Å². The standard InChI is InChI=1S/C23H27NO4S/c1-16-12-14-19(15-13-16)29(26,27)24-17(2)22(18-8-4-3-5-9-18)28-23(24)20-10-6-7-11-21(20)25/h3-5,8-9,12-15,17,20,22-23H,6-7,10-11H2,1-2H3/t17-,20+,22+,23-/m1/s1. The number of aryl methyl sites for hydroxylation is 1. The maximum atomic E-state index is 13.6. The van der Waals surface area contributed by atoms with Gasteiger partial charge in [0.1, 0.15) is 18.1 Å². The Hall–Kier alpha value is -2.02. The van der Waals surface area contributed by atoms with E-state index in [0.29, 0.717) is 12.8 Å². The summed E-state index contributed by atoms with van der Waals surface area (Å²) in [5.74, 6) is -0.314. The van der Waals surface area contributed by atoms with E-state index in [1.165, 1.54) is 4.31 Å². The van der Waals surface area contributed by atoms with E-state index in [4.69, 9.17) is 4.74 Å². The van der Waals surface area contributed by atoms with Crippen LogP contribution in [0.15, 0.2) is 59.5 Å². The maximum Gasteiger partial charge on any atom is 0.245 e. The third-order valence-corrected chi connectivity index (χ3v) is 8.01. The summed E-state index contributed by atoms with van der Waals surface area (Å²) in [6.07, 6.45) is 1.76. The Labute approximate surface area is 172 Å². The van der Waals surface area contributed by atoms with Crippen molar-refractivity contribution in [3.63, 3.8) is 0 Å². The van der Waals surface area contributed by atoms with Gasteiger partial charge in [0.2, 0.25) is 10.0 Å². The van der Waals surface area contributed by atoms with E-state index in [2.05, 4.69) is 0 Å². The van der Waals surface area contributed by atoms with Gasteiger partial charge in [0, 0.05) is 6.42 Å². The highest BCUT2D eigenvalue weighted by Crippen LogP contribution is 2.43. The summed E-state index contributed by atoms with van der Waals surface area (Å²) >= 11 is 0. The van der Waals surface area contributed by atoms with Crippen LogP contribution in [0.1, 0.15) is 49.8 Å². The van der Waals surface area contributed by atoms with Crippen molar-refractivity contribution in [2.24, 2.45) is 5.92 Å². The molecule has 1 aliphatic carbocycles. The van der Waals surface area contributed by atoms with E-state index < -0.39 is 34.3 Å². The highest BCUT2D eigenvalue weighted by molar-refractivity contribution is 7.89. The molecule has 2 fully saturated rings. The van der Waals surface area contributed by atoms with Crippen LogP contribution >= 0.6 is 0 Å². The smallest absolute Gasteiger partial charge is 0.245 e. The van der Waals surface area contributed by atoms with Gasteiger partial charge in [-0.05, 0) is 44.4 Å². The number of Topliss-reactive ketones (excluding diaryl/α,β-unsaturated/α-hetero) is 1. The molecule has 6 heteroatoms. The van der Waals surface area contributed by atoms with Gasteiger partial charge in [0.15, 0.2) is 0 Å². The van der Waals surface area contributed by atoms with Crippen molar-refractivity contribution < 1.29 is 17.9 Å². The van der Waals surface area contributed by atoms with Crippen molar-refractivity contribution in [2.75, 3.05) is 0 Å². The van der Waals surface area contributed by atoms with Crippen LogP contribution < -0.4 is 0 Å². The van der Waals surface area contributed by atoms with E-state index in [9.17, 15) is 13.2 Å². The lowest BCUT2D eigenvalue weighted by molar-refractivity contribution is -0.132. The predicted molar refractivity (Wildman–Crippen MR) is 111 cm³/mol. The molecule has 0 radical (unpaired) electrons. The molecule has 1 aliphatic heterocycles. The molecule has 154 valence electrons. The number of benzene rings is 2. The molecule has 0 unspecified atom stereocenters. The molecule has 2 aliphatic rings. The van der Waals surface area contributed by atoms with E-state index >= 15 is 0 Å². The van der Waals surface area contributed by atoms with Gasteiger partial charge < -0.3 is 4.74 Å². The molecule has 5 nitrogen and oxygen atoms in total. The lowest BCUT2D eigenvalue weighted by atomic mass is 9.86. The minimum atomic E-state index is -3.81. The largest absolute Gasteiger partial charge is 0.352 e. The first kappa shape index (κ1) is 20.3. The minimum Gasteiger partial charge on any atom is -0.352 e. The van der Waals surface area contributed by atoms with Crippen molar-refractivity contribution in [1.29, 1.82) is 0 Å². The van der Waals surface area contributed by atoms with Crippen molar-refractivity contribution in [3.8, 4) is 0 Å². The fraction of sp³-hybridized carbons (Fsp3) is 0.435. The van der Waals surface area contributed by atoms with Gasteiger partial charge in [-0.3, -0.25) is 4.79 Å². The zero-order chi connectivity index (χ0) is 20.6. The molecule has 0 spiro atoms. The summed E-state index contributed by atoms with van der Waals surface area (Å²) in [5.41, 5.74) is 1.92. The summed E-state index contributed by atoms with van der Waals surface area (Å²) in [6, 6.07) is 16.1. The monoisotopic (exact) mass is 413 g/mol. The van der Waals surface area contributed by atoms with Gasteiger partial charge in [-0.15, -0.1) is 0 Å². The minimum absolute atomic E-state index is 0.103. The van der Waals surface area contributed by atoms with E-state index in [1.54, 1.807) is 24.3 Å². The average molecular weight is 414 g/mol. The second kappa shape index (κ2) is 8.01. The van der Waals surface area contributed by atoms with Crippen LogP contribution in [0.4, 0.5) is 0 Å². The molecule has 1 heterocycles. The number of ether oxygens (including phenoxy) is 1. The Morgan fingerprint density at radius 3 is 2.34 bits per heavy atom. The van der Waals surface area contributed by atoms with Crippen LogP contribution in [-0.2, 0) is 19.6 Å². The molecule has 2 aromatic rings. The lowest BCUT2D eigenvalue weighted by Gasteiger charge is -2.32. The molecule has 29 heavy (non-hydrogen) atoms. The Morgan fingerprint density at radius 1 is 1.00 bits per heavy atom. The number of ketones is 1. The van der Waals surface area contributed by atoms with Crippen LogP contribution in [0, 0.1) is 12.8 Å². The molecule has 0 N–H and O–H groups in total.